The third-order valence-electron chi connectivity index (χ3n) is 1.87. The lowest BCUT2D eigenvalue weighted by Crippen LogP contribution is -2.37. The third-order valence-corrected chi connectivity index (χ3v) is 1.87. The van der Waals surface area contributed by atoms with Crippen molar-refractivity contribution in [3.63, 3.8) is 0 Å². The van der Waals surface area contributed by atoms with Crippen LogP contribution in [-0.4, -0.2) is 20.1 Å². The van der Waals surface area contributed by atoms with E-state index in [0.717, 1.165) is 6.54 Å². The van der Waals surface area contributed by atoms with Gasteiger partial charge >= 0.3 is 6.98 Å². The lowest BCUT2D eigenvalue weighted by molar-refractivity contribution is 0.384. The molecule has 1 rings (SSSR count). The highest BCUT2D eigenvalue weighted by Crippen LogP contribution is 2.31. The molecule has 1 N–H and O–H groups in total. The fourth-order valence-corrected chi connectivity index (χ4v) is 1.20. The van der Waals surface area contributed by atoms with Crippen LogP contribution < -0.4 is 5.32 Å². The summed E-state index contributed by atoms with van der Waals surface area (Å²) in [7, 11) is 0. The first-order chi connectivity index (χ1) is 4.61. The van der Waals surface area contributed by atoms with Crippen molar-refractivity contribution in [3.8, 4) is 0 Å². The zero-order chi connectivity index (χ0) is 7.61. The molecule has 60 valence electrons. The number of piperidine rings is 1. The van der Waals surface area contributed by atoms with Crippen molar-refractivity contribution in [1.29, 1.82) is 0 Å². The molecule has 1 heterocycles. The molecule has 1 aliphatic heterocycles. The molecule has 0 saturated carbocycles. The van der Waals surface area contributed by atoms with Crippen LogP contribution in [0.25, 0.3) is 0 Å². The maximum atomic E-state index is 12.0. The Morgan fingerprint density at radius 2 is 2.00 bits per heavy atom. The second kappa shape index (κ2) is 2.82. The van der Waals surface area contributed by atoms with Crippen LogP contribution in [0, 0.1) is 0 Å². The van der Waals surface area contributed by atoms with Crippen LogP contribution in [0.1, 0.15) is 12.8 Å². The van der Waals surface area contributed by atoms with E-state index < -0.39 is 12.8 Å². The smallest absolute Gasteiger partial charge is 0.449 e. The molecule has 1 nitrogen and oxygen atoms in total. The van der Waals surface area contributed by atoms with Gasteiger partial charge in [0.25, 0.3) is 0 Å². The monoisotopic (exact) mass is 152 g/mol. The van der Waals surface area contributed by atoms with Gasteiger partial charge in [-0.15, -0.1) is 0 Å². The Hall–Kier alpha value is -0.185. The van der Waals surface area contributed by atoms with Crippen molar-refractivity contribution < 1.29 is 12.9 Å². The first-order valence-electron chi connectivity index (χ1n) is 3.51. The highest BCUT2D eigenvalue weighted by Gasteiger charge is 2.34. The first kappa shape index (κ1) is 7.92. The van der Waals surface area contributed by atoms with E-state index in [-0.39, 0.29) is 6.54 Å². The Balaban J connectivity index is 2.39. The van der Waals surface area contributed by atoms with Gasteiger partial charge in [-0.1, -0.05) is 12.2 Å². The molecule has 0 bridgehead atoms. The van der Waals surface area contributed by atoms with Gasteiger partial charge in [-0.3, -0.25) is 0 Å². The molecule has 1 atom stereocenters. The average molecular weight is 152 g/mol. The van der Waals surface area contributed by atoms with Crippen LogP contribution in [0.3, 0.4) is 0 Å². The van der Waals surface area contributed by atoms with Gasteiger partial charge < -0.3 is 18.3 Å². The molecule has 0 amide bonds. The van der Waals surface area contributed by atoms with E-state index >= 15 is 0 Å². The maximum Gasteiger partial charge on any atom is 0.482 e. The molecule has 1 fully saturated rings. The zero-order valence-corrected chi connectivity index (χ0v) is 5.62. The summed E-state index contributed by atoms with van der Waals surface area (Å²) >= 11 is 0. The van der Waals surface area contributed by atoms with Gasteiger partial charge in [0.05, 0.1) is 0 Å². The normalized spacial score (nSPS) is 28.5. The largest absolute Gasteiger partial charge is 0.482 e. The molecule has 0 aliphatic carbocycles. The highest BCUT2D eigenvalue weighted by molar-refractivity contribution is 6.60. The molecular formula is C5H10BF3N-. The van der Waals surface area contributed by atoms with Crippen molar-refractivity contribution >= 4 is 6.98 Å². The standard InChI is InChI=1S/C5H10BF3N/c7-6(8,9)5-2-1-3-10-4-5/h5,10H,1-4H2/q-1. The fourth-order valence-electron chi connectivity index (χ4n) is 1.20. The summed E-state index contributed by atoms with van der Waals surface area (Å²) in [5.41, 5.74) is 0. The predicted octanol–water partition coefficient (Wildman–Crippen LogP) is 1.59. The number of hydrogen-bond donors (Lipinski definition) is 1. The second-order valence-corrected chi connectivity index (χ2v) is 2.73. The van der Waals surface area contributed by atoms with Gasteiger partial charge in [-0.2, -0.15) is 0 Å². The van der Waals surface area contributed by atoms with Gasteiger partial charge in [0.15, 0.2) is 0 Å². The molecule has 0 aromatic carbocycles. The summed E-state index contributed by atoms with van der Waals surface area (Å²) in [4.78, 5) is 0. The van der Waals surface area contributed by atoms with E-state index in [9.17, 15) is 12.9 Å². The van der Waals surface area contributed by atoms with Crippen molar-refractivity contribution in [3.05, 3.63) is 0 Å². The minimum atomic E-state index is -4.59. The predicted molar refractivity (Wildman–Crippen MR) is 34.9 cm³/mol. The number of rotatable bonds is 1. The van der Waals surface area contributed by atoms with Crippen molar-refractivity contribution in [2.24, 2.45) is 0 Å². The van der Waals surface area contributed by atoms with Crippen LogP contribution in [-0.2, 0) is 0 Å². The molecule has 10 heavy (non-hydrogen) atoms. The Morgan fingerprint density at radius 1 is 1.30 bits per heavy atom. The average Bonchev–Trinajstić information content (AvgIpc) is 1.88. The Morgan fingerprint density at radius 3 is 2.30 bits per heavy atom. The van der Waals surface area contributed by atoms with Crippen LogP contribution in [0.4, 0.5) is 12.9 Å². The second-order valence-electron chi connectivity index (χ2n) is 2.73. The molecule has 1 saturated heterocycles. The van der Waals surface area contributed by atoms with E-state index in [1.54, 1.807) is 0 Å². The summed E-state index contributed by atoms with van der Waals surface area (Å²) in [5, 5.41) is 2.74. The molecule has 1 aliphatic rings. The third kappa shape index (κ3) is 1.90. The number of halogens is 3. The molecule has 0 aromatic rings. The zero-order valence-electron chi connectivity index (χ0n) is 5.62. The van der Waals surface area contributed by atoms with Crippen LogP contribution in [0.2, 0.25) is 5.82 Å². The number of nitrogens with one attached hydrogen (secondary N) is 1. The summed E-state index contributed by atoms with van der Waals surface area (Å²) in [6.07, 6.45) is 0.975. The number of hydrogen-bond acceptors (Lipinski definition) is 1. The molecule has 1 unspecified atom stereocenters. The van der Waals surface area contributed by atoms with Crippen LogP contribution in [0.5, 0.6) is 0 Å². The lowest BCUT2D eigenvalue weighted by atomic mass is 9.69. The molecule has 0 spiro atoms. The van der Waals surface area contributed by atoms with E-state index in [1.807, 2.05) is 0 Å². The highest BCUT2D eigenvalue weighted by atomic mass is 19.4. The van der Waals surface area contributed by atoms with Crippen molar-refractivity contribution in [2.75, 3.05) is 13.1 Å². The molecule has 5 heteroatoms. The van der Waals surface area contributed by atoms with Gasteiger partial charge in [-0.05, 0) is 19.5 Å². The topological polar surface area (TPSA) is 12.0 Å². The van der Waals surface area contributed by atoms with Crippen LogP contribution in [0.15, 0.2) is 0 Å². The molecule has 0 radical (unpaired) electrons. The summed E-state index contributed by atoms with van der Waals surface area (Å²) in [6, 6.07) is 0. The van der Waals surface area contributed by atoms with E-state index in [2.05, 4.69) is 5.32 Å². The minimum Gasteiger partial charge on any atom is -0.449 e. The summed E-state index contributed by atoms with van der Waals surface area (Å²) in [5.74, 6) is -1.05. The first-order valence-corrected chi connectivity index (χ1v) is 3.51. The van der Waals surface area contributed by atoms with Gasteiger partial charge in [0.2, 0.25) is 0 Å². The SMILES string of the molecule is F[B-](F)(F)C1CCCNC1. The van der Waals surface area contributed by atoms with Gasteiger partial charge in [0, 0.05) is 0 Å². The Bertz CT molecular complexity index is 108. The van der Waals surface area contributed by atoms with Crippen molar-refractivity contribution in [2.45, 2.75) is 18.7 Å². The maximum absolute atomic E-state index is 12.0. The van der Waals surface area contributed by atoms with Crippen LogP contribution >= 0.6 is 0 Å². The molecule has 0 aromatic heterocycles. The lowest BCUT2D eigenvalue weighted by Gasteiger charge is -2.30. The van der Waals surface area contributed by atoms with Crippen molar-refractivity contribution in [1.82, 2.24) is 5.32 Å². The summed E-state index contributed by atoms with van der Waals surface area (Å²) < 4.78 is 35.9. The quantitative estimate of drug-likeness (QED) is 0.562. The van der Waals surface area contributed by atoms with E-state index in [0.29, 0.717) is 12.8 Å². The van der Waals surface area contributed by atoms with E-state index in [4.69, 9.17) is 0 Å². The fraction of sp³-hybridized carbons (Fsp3) is 1.00. The molecular weight excluding hydrogens is 142 g/mol. The van der Waals surface area contributed by atoms with Gasteiger partial charge in [0.1, 0.15) is 0 Å². The Labute approximate surface area is 58.0 Å². The summed E-state index contributed by atoms with van der Waals surface area (Å²) in [6.45, 7) is -3.72. The minimum absolute atomic E-state index is 0.128. The van der Waals surface area contributed by atoms with Gasteiger partial charge in [-0.25, -0.2) is 0 Å². The van der Waals surface area contributed by atoms with E-state index in [1.165, 1.54) is 0 Å². The Kier molecular flexibility index (Phi) is 2.23.